The van der Waals surface area contributed by atoms with E-state index in [4.69, 9.17) is 4.42 Å². The number of hydrogen-bond donors (Lipinski definition) is 3. The Balaban J connectivity index is 1.45. The molecule has 0 aliphatic carbocycles. The van der Waals surface area contributed by atoms with Gasteiger partial charge in [-0.1, -0.05) is 12.1 Å². The van der Waals surface area contributed by atoms with Gasteiger partial charge in [-0.15, -0.1) is 11.3 Å². The Bertz CT molecular complexity index is 1230. The fourth-order valence-corrected chi connectivity index (χ4v) is 4.98. The molecule has 0 fully saturated rings. The summed E-state index contributed by atoms with van der Waals surface area (Å²) < 4.78 is 32.5. The number of hydrogen-bond acceptors (Lipinski definition) is 7. The third kappa shape index (κ3) is 6.02. The van der Waals surface area contributed by atoms with Crippen molar-refractivity contribution in [2.75, 3.05) is 18.4 Å². The van der Waals surface area contributed by atoms with Crippen LogP contribution in [0, 0.1) is 20.8 Å². The molecule has 3 rings (SSSR count). The van der Waals surface area contributed by atoms with Gasteiger partial charge in [-0.3, -0.25) is 14.9 Å². The Morgan fingerprint density at radius 1 is 1.12 bits per heavy atom. The number of nitrogens with one attached hydrogen (secondary N) is 3. The van der Waals surface area contributed by atoms with Crippen LogP contribution in [0.5, 0.6) is 0 Å². The van der Waals surface area contributed by atoms with Gasteiger partial charge in [0.15, 0.2) is 5.13 Å². The number of carbonyl (C=O) groups excluding carboxylic acids is 2. The maximum atomic E-state index is 12.5. The molecule has 32 heavy (non-hydrogen) atoms. The van der Waals surface area contributed by atoms with Gasteiger partial charge in [0.1, 0.15) is 5.76 Å². The van der Waals surface area contributed by atoms with Crippen molar-refractivity contribution in [1.82, 2.24) is 15.0 Å². The summed E-state index contributed by atoms with van der Waals surface area (Å²) >= 11 is 1.21. The molecule has 0 saturated heterocycles. The first-order chi connectivity index (χ1) is 15.2. The van der Waals surface area contributed by atoms with E-state index in [2.05, 4.69) is 20.3 Å². The van der Waals surface area contributed by atoms with E-state index in [1.54, 1.807) is 37.4 Å². The predicted octanol–water partition coefficient (Wildman–Crippen LogP) is 2.55. The van der Waals surface area contributed by atoms with Crippen molar-refractivity contribution in [3.8, 4) is 0 Å². The fraction of sp³-hybridized carbons (Fsp3) is 0.286. The van der Waals surface area contributed by atoms with E-state index in [0.717, 1.165) is 5.56 Å². The number of benzene rings is 1. The van der Waals surface area contributed by atoms with Crippen molar-refractivity contribution >= 4 is 38.3 Å². The predicted molar refractivity (Wildman–Crippen MR) is 121 cm³/mol. The van der Waals surface area contributed by atoms with Crippen LogP contribution in [0.2, 0.25) is 0 Å². The van der Waals surface area contributed by atoms with E-state index in [1.165, 1.54) is 17.6 Å². The molecule has 2 amide bonds. The topological polar surface area (TPSA) is 130 Å². The number of nitrogens with zero attached hydrogens (tertiary/aromatic N) is 1. The minimum absolute atomic E-state index is 0.0147. The Morgan fingerprint density at radius 3 is 2.62 bits per heavy atom. The summed E-state index contributed by atoms with van der Waals surface area (Å²) in [7, 11) is -3.66. The van der Waals surface area contributed by atoms with Gasteiger partial charge < -0.3 is 9.73 Å². The molecule has 0 atom stereocenters. The highest BCUT2D eigenvalue weighted by atomic mass is 32.2. The molecule has 3 aromatic rings. The van der Waals surface area contributed by atoms with E-state index in [-0.39, 0.29) is 36.2 Å². The third-order valence-corrected chi connectivity index (χ3v) is 7.00. The standard InChI is InChI=1S/C21H24N4O5S2/c1-13-4-5-14(2)18(10-13)32(28,29)23-8-7-22-19(26)11-16-12-31-21(24-16)25-20(27)17-6-9-30-15(17)3/h4-6,9-10,12,23H,7-8,11H2,1-3H3,(H,22,26)(H,24,25,27). The zero-order valence-electron chi connectivity index (χ0n) is 17.9. The molecule has 0 spiro atoms. The van der Waals surface area contributed by atoms with Crippen LogP contribution in [0.15, 0.2) is 45.2 Å². The van der Waals surface area contributed by atoms with Gasteiger partial charge in [-0.2, -0.15) is 0 Å². The van der Waals surface area contributed by atoms with Crippen LogP contribution >= 0.6 is 11.3 Å². The SMILES string of the molecule is Cc1ccc(C)c(S(=O)(=O)NCCNC(=O)Cc2csc(NC(=O)c3ccoc3C)n2)c1. The van der Waals surface area contributed by atoms with Crippen molar-refractivity contribution in [1.29, 1.82) is 0 Å². The van der Waals surface area contributed by atoms with Crippen molar-refractivity contribution in [3.05, 3.63) is 64.1 Å². The lowest BCUT2D eigenvalue weighted by Gasteiger charge is -2.10. The van der Waals surface area contributed by atoms with Gasteiger partial charge in [0, 0.05) is 18.5 Å². The summed E-state index contributed by atoms with van der Waals surface area (Å²) in [6, 6.07) is 6.79. The lowest BCUT2D eigenvalue weighted by atomic mass is 10.2. The molecule has 0 saturated carbocycles. The summed E-state index contributed by atoms with van der Waals surface area (Å²) in [5.41, 5.74) is 2.43. The molecule has 0 radical (unpaired) electrons. The van der Waals surface area contributed by atoms with Crippen LogP contribution in [0.25, 0.3) is 0 Å². The fourth-order valence-electron chi connectivity index (χ4n) is 2.92. The lowest BCUT2D eigenvalue weighted by molar-refractivity contribution is -0.120. The first-order valence-electron chi connectivity index (χ1n) is 9.79. The Morgan fingerprint density at radius 2 is 1.91 bits per heavy atom. The molecule has 170 valence electrons. The summed E-state index contributed by atoms with van der Waals surface area (Å²) in [6.45, 7) is 5.44. The molecule has 2 aromatic heterocycles. The van der Waals surface area contributed by atoms with Crippen molar-refractivity contribution < 1.29 is 22.4 Å². The van der Waals surface area contributed by atoms with E-state index < -0.39 is 10.0 Å². The average Bonchev–Trinajstić information content (AvgIpc) is 3.35. The number of rotatable bonds is 9. The van der Waals surface area contributed by atoms with Crippen LogP contribution in [0.4, 0.5) is 5.13 Å². The quantitative estimate of drug-likeness (QED) is 0.407. The number of anilines is 1. The minimum Gasteiger partial charge on any atom is -0.469 e. The minimum atomic E-state index is -3.66. The second kappa shape index (κ2) is 10.1. The van der Waals surface area contributed by atoms with Gasteiger partial charge >= 0.3 is 0 Å². The molecule has 3 N–H and O–H groups in total. The third-order valence-electron chi connectivity index (χ3n) is 4.59. The van der Waals surface area contributed by atoms with Crippen LogP contribution in [0.1, 0.15) is 32.9 Å². The summed E-state index contributed by atoms with van der Waals surface area (Å²) in [5.74, 6) is -0.130. The molecule has 2 heterocycles. The van der Waals surface area contributed by atoms with E-state index >= 15 is 0 Å². The molecule has 11 heteroatoms. The summed E-state index contributed by atoms with van der Waals surface area (Å²) in [5, 5.41) is 7.39. The summed E-state index contributed by atoms with van der Waals surface area (Å²) in [6.07, 6.45) is 1.45. The highest BCUT2D eigenvalue weighted by molar-refractivity contribution is 7.89. The largest absolute Gasteiger partial charge is 0.469 e. The number of aromatic nitrogens is 1. The molecular formula is C21H24N4O5S2. The number of carbonyl (C=O) groups is 2. The normalized spacial score (nSPS) is 11.3. The maximum absolute atomic E-state index is 12.5. The molecule has 0 bridgehead atoms. The van der Waals surface area contributed by atoms with E-state index in [9.17, 15) is 18.0 Å². The number of sulfonamides is 1. The van der Waals surface area contributed by atoms with Gasteiger partial charge in [0.05, 0.1) is 28.8 Å². The van der Waals surface area contributed by atoms with Crippen LogP contribution in [0.3, 0.4) is 0 Å². The Hall–Kier alpha value is -3.02. The zero-order valence-corrected chi connectivity index (χ0v) is 19.5. The van der Waals surface area contributed by atoms with Crippen molar-refractivity contribution in [2.24, 2.45) is 0 Å². The van der Waals surface area contributed by atoms with Crippen LogP contribution < -0.4 is 15.4 Å². The van der Waals surface area contributed by atoms with Crippen LogP contribution in [-0.4, -0.2) is 38.3 Å². The van der Waals surface area contributed by atoms with Gasteiger partial charge in [0.25, 0.3) is 5.91 Å². The van der Waals surface area contributed by atoms with E-state index in [0.29, 0.717) is 27.7 Å². The van der Waals surface area contributed by atoms with Gasteiger partial charge in [-0.25, -0.2) is 18.1 Å². The van der Waals surface area contributed by atoms with Crippen molar-refractivity contribution in [2.45, 2.75) is 32.1 Å². The Kier molecular flexibility index (Phi) is 7.44. The lowest BCUT2D eigenvalue weighted by Crippen LogP contribution is -2.35. The van der Waals surface area contributed by atoms with Crippen LogP contribution in [-0.2, 0) is 21.2 Å². The molecule has 0 aliphatic heterocycles. The highest BCUT2D eigenvalue weighted by Crippen LogP contribution is 2.18. The first-order valence-corrected chi connectivity index (χ1v) is 12.2. The molecular weight excluding hydrogens is 452 g/mol. The molecule has 0 unspecified atom stereocenters. The molecule has 9 nitrogen and oxygen atoms in total. The highest BCUT2D eigenvalue weighted by Gasteiger charge is 2.17. The first kappa shape index (κ1) is 23.6. The number of thiazole rings is 1. The monoisotopic (exact) mass is 476 g/mol. The zero-order chi connectivity index (χ0) is 23.3. The second-order valence-corrected chi connectivity index (χ2v) is 9.78. The van der Waals surface area contributed by atoms with Gasteiger partial charge in [0.2, 0.25) is 15.9 Å². The molecule has 0 aliphatic rings. The smallest absolute Gasteiger partial charge is 0.260 e. The van der Waals surface area contributed by atoms with Gasteiger partial charge in [-0.05, 0) is 44.0 Å². The summed E-state index contributed by atoms with van der Waals surface area (Å²) in [4.78, 5) is 28.8. The molecule has 1 aromatic carbocycles. The number of aryl methyl sites for hydroxylation is 3. The van der Waals surface area contributed by atoms with Crippen molar-refractivity contribution in [3.63, 3.8) is 0 Å². The number of furan rings is 1. The van der Waals surface area contributed by atoms with E-state index in [1.807, 2.05) is 13.0 Å². The second-order valence-electron chi connectivity index (χ2n) is 7.18. The average molecular weight is 477 g/mol. The maximum Gasteiger partial charge on any atom is 0.260 e. The Labute approximate surface area is 190 Å². The number of amides is 2.